The Morgan fingerprint density at radius 3 is 2.55 bits per heavy atom. The number of hydrogen-bond donors (Lipinski definition) is 2. The Kier molecular flexibility index (Phi) is 7.01. The van der Waals surface area contributed by atoms with E-state index in [1.807, 2.05) is 6.07 Å². The number of imidazole rings is 1. The number of anilines is 1. The first-order valence-electron chi connectivity index (χ1n) is 13.6. The van der Waals surface area contributed by atoms with Gasteiger partial charge < -0.3 is 19.5 Å². The van der Waals surface area contributed by atoms with Crippen LogP contribution in [0.1, 0.15) is 60.3 Å². The van der Waals surface area contributed by atoms with Crippen LogP contribution in [0.5, 0.6) is 0 Å². The molecule has 0 bridgehead atoms. The van der Waals surface area contributed by atoms with Crippen molar-refractivity contribution in [2.24, 2.45) is 0 Å². The van der Waals surface area contributed by atoms with E-state index < -0.39 is 53.9 Å². The molecule has 3 aliphatic rings. The van der Waals surface area contributed by atoms with Crippen LogP contribution in [0.2, 0.25) is 0 Å². The molecule has 1 fully saturated rings. The third kappa shape index (κ3) is 5.25. The lowest BCUT2D eigenvalue weighted by Crippen LogP contribution is -2.52. The van der Waals surface area contributed by atoms with E-state index in [1.54, 1.807) is 17.2 Å². The molecular weight excluding hydrogens is 563 g/mol. The second-order valence-electron chi connectivity index (χ2n) is 10.8. The van der Waals surface area contributed by atoms with Gasteiger partial charge in [0, 0.05) is 67.6 Å². The third-order valence-corrected chi connectivity index (χ3v) is 8.24. The minimum atomic E-state index is -4.53. The van der Waals surface area contributed by atoms with Crippen molar-refractivity contribution in [1.29, 1.82) is 0 Å². The van der Waals surface area contributed by atoms with Gasteiger partial charge in [0.25, 0.3) is 0 Å². The van der Waals surface area contributed by atoms with E-state index in [0.717, 1.165) is 23.9 Å². The Labute approximate surface area is 237 Å². The molecule has 3 aliphatic heterocycles. The molecule has 14 heteroatoms. The lowest BCUT2D eigenvalue weighted by Gasteiger charge is -2.43. The molecule has 0 saturated carbocycles. The van der Waals surface area contributed by atoms with Gasteiger partial charge in [-0.3, -0.25) is 5.32 Å². The molecule has 2 atom stereocenters. The zero-order valence-electron chi connectivity index (χ0n) is 22.3. The standard InChI is InChI=1S/C28H27F5N6O3/c29-19-4-1-5-20(30)22(19)16-6-7-21(24-35-14-17(39(24)15-16)13-28(31,32)33)36-25(40)38-11-8-27(9-12-38)18-3-2-10-34-23(18)37-26(41)42-27/h1-5,10,14,16,21H,6-9,11-13,15H2,(H,36,40)(H,34,37,41)/t16-,21-/m1/s1. The fourth-order valence-corrected chi connectivity index (χ4v) is 6.25. The number of pyridine rings is 1. The van der Waals surface area contributed by atoms with Crippen molar-refractivity contribution in [1.82, 2.24) is 24.8 Å². The summed E-state index contributed by atoms with van der Waals surface area (Å²) in [6.45, 7) is 0.345. The molecule has 9 nitrogen and oxygen atoms in total. The van der Waals surface area contributed by atoms with Crippen LogP contribution < -0.4 is 10.6 Å². The van der Waals surface area contributed by atoms with E-state index >= 15 is 0 Å². The Morgan fingerprint density at radius 2 is 1.83 bits per heavy atom. The highest BCUT2D eigenvalue weighted by atomic mass is 19.4. The highest BCUT2D eigenvalue weighted by Crippen LogP contribution is 2.43. The molecule has 2 aromatic heterocycles. The van der Waals surface area contributed by atoms with Crippen LogP contribution in [0, 0.1) is 11.6 Å². The number of nitrogens with one attached hydrogen (secondary N) is 2. The van der Waals surface area contributed by atoms with Crippen molar-refractivity contribution < 1.29 is 36.3 Å². The zero-order chi connectivity index (χ0) is 29.6. The van der Waals surface area contributed by atoms with E-state index in [0.29, 0.717) is 18.7 Å². The molecule has 6 rings (SSSR count). The first-order chi connectivity index (χ1) is 20.0. The molecule has 2 N–H and O–H groups in total. The normalized spacial score (nSPS) is 21.5. The van der Waals surface area contributed by atoms with Crippen LogP contribution in [-0.2, 0) is 23.3 Å². The molecule has 0 unspecified atom stereocenters. The van der Waals surface area contributed by atoms with Gasteiger partial charge in [0.15, 0.2) is 0 Å². The van der Waals surface area contributed by atoms with E-state index in [2.05, 4.69) is 20.6 Å². The van der Waals surface area contributed by atoms with Crippen LogP contribution in [-0.4, -0.2) is 50.8 Å². The number of benzene rings is 1. The SMILES string of the molecule is O=C1Nc2ncccc2C2(CCN(C(=O)N[C@@H]3CC[C@@H](c4c(F)cccc4F)Cn4c(CC(F)(F)F)cnc43)CC2)O1. The van der Waals surface area contributed by atoms with E-state index in [9.17, 15) is 31.5 Å². The van der Waals surface area contributed by atoms with E-state index in [1.165, 1.54) is 10.6 Å². The average molecular weight is 591 g/mol. The first kappa shape index (κ1) is 27.9. The maximum absolute atomic E-state index is 14.7. The summed E-state index contributed by atoms with van der Waals surface area (Å²) in [7, 11) is 0. The molecule has 1 spiro atoms. The number of carbonyl (C=O) groups excluding carboxylic acids is 2. The second kappa shape index (κ2) is 10.6. The van der Waals surface area contributed by atoms with Crippen LogP contribution in [0.15, 0.2) is 42.7 Å². The Balaban J connectivity index is 1.22. The van der Waals surface area contributed by atoms with Crippen LogP contribution in [0.3, 0.4) is 0 Å². The molecular formula is C28H27F5N6O3. The number of aromatic nitrogens is 3. The maximum Gasteiger partial charge on any atom is 0.413 e. The number of fused-ring (bicyclic) bond motifs is 3. The number of alkyl halides is 3. The maximum atomic E-state index is 14.7. The van der Waals surface area contributed by atoms with Crippen LogP contribution in [0.25, 0.3) is 0 Å². The summed E-state index contributed by atoms with van der Waals surface area (Å²) in [6.07, 6.45) is -2.74. The van der Waals surface area contributed by atoms with Gasteiger partial charge in [0.2, 0.25) is 0 Å². The number of likely N-dealkylation sites (tertiary alicyclic amines) is 1. The Morgan fingerprint density at radius 1 is 1.10 bits per heavy atom. The monoisotopic (exact) mass is 590 g/mol. The molecule has 222 valence electrons. The summed E-state index contributed by atoms with van der Waals surface area (Å²) in [5.74, 6) is -1.72. The predicted molar refractivity (Wildman–Crippen MR) is 138 cm³/mol. The molecule has 5 heterocycles. The van der Waals surface area contributed by atoms with E-state index in [4.69, 9.17) is 4.74 Å². The van der Waals surface area contributed by atoms with Gasteiger partial charge in [0.05, 0.1) is 12.5 Å². The van der Waals surface area contributed by atoms with Crippen molar-refractivity contribution in [3.05, 3.63) is 77.0 Å². The summed E-state index contributed by atoms with van der Waals surface area (Å²) in [6, 6.07) is 5.75. The largest absolute Gasteiger partial charge is 0.437 e. The lowest BCUT2D eigenvalue weighted by atomic mass is 9.83. The fraction of sp³-hybridized carbons (Fsp3) is 0.429. The van der Waals surface area contributed by atoms with Gasteiger partial charge in [-0.15, -0.1) is 0 Å². The van der Waals surface area contributed by atoms with Gasteiger partial charge in [-0.2, -0.15) is 13.2 Å². The van der Waals surface area contributed by atoms with E-state index in [-0.39, 0.29) is 49.6 Å². The van der Waals surface area contributed by atoms with Gasteiger partial charge in [-0.05, 0) is 37.1 Å². The molecule has 3 aromatic rings. The van der Waals surface area contributed by atoms with Crippen LogP contribution >= 0.6 is 0 Å². The van der Waals surface area contributed by atoms with Crippen molar-refractivity contribution in [3.63, 3.8) is 0 Å². The molecule has 3 amide bonds. The van der Waals surface area contributed by atoms with Crippen molar-refractivity contribution in [3.8, 4) is 0 Å². The number of piperidine rings is 1. The first-order valence-corrected chi connectivity index (χ1v) is 13.6. The zero-order valence-corrected chi connectivity index (χ0v) is 22.3. The van der Waals surface area contributed by atoms with Gasteiger partial charge in [0.1, 0.15) is 28.9 Å². The number of rotatable bonds is 3. The Hall–Kier alpha value is -4.23. The summed E-state index contributed by atoms with van der Waals surface area (Å²) in [5, 5.41) is 5.47. The smallest absolute Gasteiger partial charge is 0.413 e. The molecule has 42 heavy (non-hydrogen) atoms. The van der Waals surface area contributed by atoms with Crippen molar-refractivity contribution >= 4 is 17.9 Å². The second-order valence-corrected chi connectivity index (χ2v) is 10.8. The highest BCUT2D eigenvalue weighted by molar-refractivity contribution is 5.87. The minimum absolute atomic E-state index is 0.121. The van der Waals surface area contributed by atoms with Gasteiger partial charge >= 0.3 is 18.3 Å². The van der Waals surface area contributed by atoms with Gasteiger partial charge in [-0.1, -0.05) is 6.07 Å². The predicted octanol–water partition coefficient (Wildman–Crippen LogP) is 5.54. The highest BCUT2D eigenvalue weighted by Gasteiger charge is 2.46. The molecule has 1 saturated heterocycles. The number of amides is 3. The molecule has 0 aliphatic carbocycles. The van der Waals surface area contributed by atoms with Crippen molar-refractivity contribution in [2.75, 3.05) is 18.4 Å². The lowest BCUT2D eigenvalue weighted by molar-refractivity contribution is -0.128. The number of urea groups is 1. The summed E-state index contributed by atoms with van der Waals surface area (Å²) in [4.78, 5) is 35.6. The topological polar surface area (TPSA) is 101 Å². The van der Waals surface area contributed by atoms with Gasteiger partial charge in [-0.25, -0.2) is 28.3 Å². The number of halogens is 5. The van der Waals surface area contributed by atoms with Crippen LogP contribution in [0.4, 0.5) is 37.4 Å². The molecule has 0 radical (unpaired) electrons. The number of nitrogens with zero attached hydrogens (tertiary/aromatic N) is 4. The average Bonchev–Trinajstić information content (AvgIpc) is 3.21. The number of hydrogen-bond acceptors (Lipinski definition) is 5. The number of carbonyl (C=O) groups is 2. The minimum Gasteiger partial charge on any atom is -0.437 e. The fourth-order valence-electron chi connectivity index (χ4n) is 6.25. The summed E-state index contributed by atoms with van der Waals surface area (Å²) >= 11 is 0. The Bertz CT molecular complexity index is 1500. The molecule has 1 aromatic carbocycles. The quantitative estimate of drug-likeness (QED) is 0.390. The summed E-state index contributed by atoms with van der Waals surface area (Å²) < 4.78 is 76.5. The summed E-state index contributed by atoms with van der Waals surface area (Å²) in [5.41, 5.74) is -0.570. The van der Waals surface area contributed by atoms with Crippen molar-refractivity contribution in [2.45, 2.75) is 62.4 Å². The third-order valence-electron chi connectivity index (χ3n) is 8.24. The number of ether oxygens (including phenoxy) is 1.